The number of aliphatic carboxylic acids is 2. The molecular weight excluding hydrogens is 262 g/mol. The normalized spacial score (nSPS) is 16.5. The van der Waals surface area contributed by atoms with Gasteiger partial charge in [-0.15, -0.1) is 0 Å². The SMILES string of the molecule is CC(CCC(=O)O)C(N[C@@H](C)C(=O)O)C(S)S. The third kappa shape index (κ3) is 6.80. The Kier molecular flexibility index (Phi) is 7.65. The Morgan fingerprint density at radius 1 is 1.24 bits per heavy atom. The second-order valence-electron chi connectivity index (χ2n) is 4.08. The fourth-order valence-corrected chi connectivity index (χ4v) is 2.19. The van der Waals surface area contributed by atoms with Gasteiger partial charge in [0.2, 0.25) is 0 Å². The van der Waals surface area contributed by atoms with Crippen LogP contribution in [0.25, 0.3) is 0 Å². The number of rotatable bonds is 8. The second-order valence-corrected chi connectivity index (χ2v) is 5.60. The molecule has 0 spiro atoms. The van der Waals surface area contributed by atoms with Crippen LogP contribution in [0, 0.1) is 5.92 Å². The van der Waals surface area contributed by atoms with Gasteiger partial charge in [0.25, 0.3) is 0 Å². The first-order valence-electron chi connectivity index (χ1n) is 5.32. The summed E-state index contributed by atoms with van der Waals surface area (Å²) in [5.41, 5.74) is 0. The highest BCUT2D eigenvalue weighted by molar-refractivity contribution is 7.99. The zero-order chi connectivity index (χ0) is 13.6. The molecule has 0 aromatic carbocycles. The standard InChI is InChI=1S/C10H19NO4S2/c1-5(3-4-7(12)13)8(10(16)17)11-6(2)9(14)15/h5-6,8,10-11,16-17H,3-4H2,1-2H3,(H,12,13)(H,14,15)/t5?,6-,8?/m0/s1. The van der Waals surface area contributed by atoms with Crippen molar-refractivity contribution in [3.63, 3.8) is 0 Å². The van der Waals surface area contributed by atoms with Crippen molar-refractivity contribution in [1.29, 1.82) is 0 Å². The molecule has 0 bridgehead atoms. The predicted molar refractivity (Wildman–Crippen MR) is 71.8 cm³/mol. The molecule has 0 aliphatic rings. The van der Waals surface area contributed by atoms with E-state index in [4.69, 9.17) is 10.2 Å². The molecule has 2 unspecified atom stereocenters. The fraction of sp³-hybridized carbons (Fsp3) is 0.800. The van der Waals surface area contributed by atoms with Crippen molar-refractivity contribution >= 4 is 37.2 Å². The average molecular weight is 281 g/mol. The highest BCUT2D eigenvalue weighted by Gasteiger charge is 2.26. The molecule has 0 saturated carbocycles. The Bertz CT molecular complexity index is 273. The van der Waals surface area contributed by atoms with E-state index in [1.807, 2.05) is 6.92 Å². The van der Waals surface area contributed by atoms with Crippen LogP contribution in [0.4, 0.5) is 0 Å². The van der Waals surface area contributed by atoms with Crippen LogP contribution in [0.3, 0.4) is 0 Å². The van der Waals surface area contributed by atoms with Gasteiger partial charge in [0.15, 0.2) is 0 Å². The molecule has 3 atom stereocenters. The van der Waals surface area contributed by atoms with Gasteiger partial charge in [-0.2, -0.15) is 25.3 Å². The fourth-order valence-electron chi connectivity index (χ4n) is 1.43. The van der Waals surface area contributed by atoms with Gasteiger partial charge in [0.05, 0.1) is 4.58 Å². The number of carbonyl (C=O) groups is 2. The number of hydrogen-bond acceptors (Lipinski definition) is 5. The van der Waals surface area contributed by atoms with Gasteiger partial charge in [0, 0.05) is 12.5 Å². The third-order valence-electron chi connectivity index (χ3n) is 2.56. The van der Waals surface area contributed by atoms with Crippen molar-refractivity contribution in [1.82, 2.24) is 5.32 Å². The van der Waals surface area contributed by atoms with Crippen LogP contribution in [0.15, 0.2) is 0 Å². The molecule has 0 heterocycles. The molecule has 5 nitrogen and oxygen atoms in total. The van der Waals surface area contributed by atoms with E-state index in [1.54, 1.807) is 0 Å². The highest BCUT2D eigenvalue weighted by Crippen LogP contribution is 2.20. The van der Waals surface area contributed by atoms with Crippen LogP contribution in [0.5, 0.6) is 0 Å². The maximum atomic E-state index is 10.7. The summed E-state index contributed by atoms with van der Waals surface area (Å²) >= 11 is 8.36. The van der Waals surface area contributed by atoms with Crippen LogP contribution in [0.1, 0.15) is 26.7 Å². The Hall–Kier alpha value is -0.400. The van der Waals surface area contributed by atoms with Crippen LogP contribution in [-0.2, 0) is 9.59 Å². The summed E-state index contributed by atoms with van der Waals surface area (Å²) in [5.74, 6) is -1.84. The van der Waals surface area contributed by atoms with Crippen LogP contribution in [-0.4, -0.2) is 38.8 Å². The molecule has 0 aromatic rings. The number of nitrogens with one attached hydrogen (secondary N) is 1. The average Bonchev–Trinajstić information content (AvgIpc) is 2.21. The van der Waals surface area contributed by atoms with E-state index in [0.717, 1.165) is 0 Å². The monoisotopic (exact) mass is 281 g/mol. The van der Waals surface area contributed by atoms with Gasteiger partial charge < -0.3 is 10.2 Å². The zero-order valence-corrected chi connectivity index (χ0v) is 11.6. The maximum absolute atomic E-state index is 10.7. The van der Waals surface area contributed by atoms with E-state index in [-0.39, 0.29) is 23.0 Å². The molecule has 0 radical (unpaired) electrons. The van der Waals surface area contributed by atoms with Crippen molar-refractivity contribution < 1.29 is 19.8 Å². The molecule has 0 rings (SSSR count). The molecule has 3 N–H and O–H groups in total. The quantitative estimate of drug-likeness (QED) is 0.340. The van der Waals surface area contributed by atoms with Gasteiger partial charge in [-0.05, 0) is 19.3 Å². The lowest BCUT2D eigenvalue weighted by molar-refractivity contribution is -0.140. The Labute approximate surface area is 112 Å². The highest BCUT2D eigenvalue weighted by atomic mass is 32.2. The minimum absolute atomic E-state index is 0.0205. The molecular formula is C10H19NO4S2. The topological polar surface area (TPSA) is 86.6 Å². The summed E-state index contributed by atoms with van der Waals surface area (Å²) in [6.45, 7) is 3.39. The van der Waals surface area contributed by atoms with Gasteiger partial charge in [-0.1, -0.05) is 6.92 Å². The summed E-state index contributed by atoms with van der Waals surface area (Å²) in [6.07, 6.45) is 0.506. The van der Waals surface area contributed by atoms with E-state index >= 15 is 0 Å². The van der Waals surface area contributed by atoms with Crippen molar-refractivity contribution in [2.75, 3.05) is 0 Å². The van der Waals surface area contributed by atoms with Crippen LogP contribution >= 0.6 is 25.3 Å². The number of hydrogen-bond donors (Lipinski definition) is 5. The van der Waals surface area contributed by atoms with Crippen molar-refractivity contribution in [2.45, 2.75) is 43.4 Å². The van der Waals surface area contributed by atoms with Gasteiger partial charge >= 0.3 is 11.9 Å². The molecule has 0 aliphatic heterocycles. The number of carboxylic acids is 2. The lowest BCUT2D eigenvalue weighted by Crippen LogP contribution is -2.48. The molecule has 0 fully saturated rings. The summed E-state index contributed by atoms with van der Waals surface area (Å²) in [5, 5.41) is 20.3. The largest absolute Gasteiger partial charge is 0.481 e. The molecule has 100 valence electrons. The van der Waals surface area contributed by atoms with Crippen LogP contribution < -0.4 is 5.32 Å². The summed E-state index contributed by atoms with van der Waals surface area (Å²) in [4.78, 5) is 21.2. The second kappa shape index (κ2) is 7.84. The molecule has 17 heavy (non-hydrogen) atoms. The lowest BCUT2D eigenvalue weighted by atomic mass is 9.97. The molecule has 0 saturated heterocycles. The first kappa shape index (κ1) is 16.6. The Morgan fingerprint density at radius 3 is 2.12 bits per heavy atom. The lowest BCUT2D eigenvalue weighted by Gasteiger charge is -2.29. The molecule has 7 heteroatoms. The van der Waals surface area contributed by atoms with Crippen molar-refractivity contribution in [3.8, 4) is 0 Å². The predicted octanol–water partition coefficient (Wildman–Crippen LogP) is 1.10. The van der Waals surface area contributed by atoms with E-state index < -0.39 is 18.0 Å². The minimum Gasteiger partial charge on any atom is -0.481 e. The maximum Gasteiger partial charge on any atom is 0.320 e. The molecule has 0 aromatic heterocycles. The summed E-state index contributed by atoms with van der Waals surface area (Å²) in [6, 6.07) is -0.971. The Morgan fingerprint density at radius 2 is 1.76 bits per heavy atom. The first-order valence-corrected chi connectivity index (χ1v) is 6.35. The van der Waals surface area contributed by atoms with Crippen molar-refractivity contribution in [2.24, 2.45) is 5.92 Å². The third-order valence-corrected chi connectivity index (χ3v) is 3.20. The van der Waals surface area contributed by atoms with E-state index in [9.17, 15) is 9.59 Å². The smallest absolute Gasteiger partial charge is 0.320 e. The van der Waals surface area contributed by atoms with Gasteiger partial charge in [0.1, 0.15) is 6.04 Å². The van der Waals surface area contributed by atoms with E-state index in [2.05, 4.69) is 30.6 Å². The number of carboxylic acid groups (broad SMARTS) is 2. The van der Waals surface area contributed by atoms with E-state index in [0.29, 0.717) is 6.42 Å². The van der Waals surface area contributed by atoms with E-state index in [1.165, 1.54) is 6.92 Å². The summed E-state index contributed by atoms with van der Waals surface area (Å²) < 4.78 is -0.347. The number of thiol groups is 2. The van der Waals surface area contributed by atoms with Crippen molar-refractivity contribution in [3.05, 3.63) is 0 Å². The minimum atomic E-state index is -0.956. The molecule has 0 amide bonds. The van der Waals surface area contributed by atoms with Gasteiger partial charge in [-0.25, -0.2) is 0 Å². The van der Waals surface area contributed by atoms with Gasteiger partial charge in [-0.3, -0.25) is 14.9 Å². The van der Waals surface area contributed by atoms with Crippen LogP contribution in [0.2, 0.25) is 0 Å². The zero-order valence-electron chi connectivity index (χ0n) is 9.83. The summed E-state index contributed by atoms with van der Waals surface area (Å²) in [7, 11) is 0. The first-order chi connectivity index (χ1) is 7.75. The molecule has 0 aliphatic carbocycles. The Balaban J connectivity index is 4.40.